The number of rotatable bonds is 5. The number of nitrogens with one attached hydrogen (secondary N) is 1. The highest BCUT2D eigenvalue weighted by molar-refractivity contribution is 7.99. The maximum atomic E-state index is 13.4. The quantitative estimate of drug-likeness (QED) is 0.802. The second kappa shape index (κ2) is 8.59. The Kier molecular flexibility index (Phi) is 6.19. The van der Waals surface area contributed by atoms with Crippen LogP contribution in [0.5, 0.6) is 0 Å². The van der Waals surface area contributed by atoms with Gasteiger partial charge in [-0.2, -0.15) is 0 Å². The fourth-order valence-electron chi connectivity index (χ4n) is 3.12. The van der Waals surface area contributed by atoms with Crippen molar-refractivity contribution in [1.29, 1.82) is 0 Å². The van der Waals surface area contributed by atoms with E-state index >= 15 is 0 Å². The van der Waals surface area contributed by atoms with Crippen molar-refractivity contribution in [3.8, 4) is 0 Å². The molecule has 0 radical (unpaired) electrons. The molecule has 1 amide bonds. The first-order valence-electron chi connectivity index (χ1n) is 8.96. The summed E-state index contributed by atoms with van der Waals surface area (Å²) in [7, 11) is 1.85. The number of carbonyl (C=O) groups excluding carboxylic acids is 2. The van der Waals surface area contributed by atoms with E-state index in [0.717, 1.165) is 21.7 Å². The fourth-order valence-corrected chi connectivity index (χ4v) is 4.44. The van der Waals surface area contributed by atoms with Gasteiger partial charge in [0.1, 0.15) is 0 Å². The lowest BCUT2D eigenvalue weighted by atomic mass is 10.0. The molecule has 0 saturated heterocycles. The number of carbonyl (C=O) groups is 2. The van der Waals surface area contributed by atoms with Crippen LogP contribution in [-0.4, -0.2) is 38.1 Å². The number of anilines is 1. The van der Waals surface area contributed by atoms with Crippen molar-refractivity contribution in [2.75, 3.05) is 25.0 Å². The zero-order chi connectivity index (χ0) is 19.4. The minimum atomic E-state index is -0.875. The second-order valence-corrected chi connectivity index (χ2v) is 7.72. The Morgan fingerprint density at radius 2 is 1.89 bits per heavy atom. The Bertz CT molecular complexity index is 822. The molecule has 0 saturated carbocycles. The summed E-state index contributed by atoms with van der Waals surface area (Å²) >= 11 is 1.57. The van der Waals surface area contributed by atoms with E-state index in [0.29, 0.717) is 13.1 Å². The van der Waals surface area contributed by atoms with E-state index in [1.54, 1.807) is 16.7 Å². The van der Waals surface area contributed by atoms with Crippen molar-refractivity contribution in [2.45, 2.75) is 30.1 Å². The van der Waals surface area contributed by atoms with E-state index in [1.165, 1.54) is 6.92 Å². The summed E-state index contributed by atoms with van der Waals surface area (Å²) in [6.07, 6.45) is -0.875. The Hall–Kier alpha value is -2.31. The zero-order valence-electron chi connectivity index (χ0n) is 15.8. The number of amides is 1. The largest absolute Gasteiger partial charge is 0.451 e. The maximum Gasteiger partial charge on any atom is 0.303 e. The molecule has 0 spiro atoms. The van der Waals surface area contributed by atoms with Gasteiger partial charge < -0.3 is 15.0 Å². The SMILES string of the molecule is CNCCN1C(=O)[C@@H](OC(C)=O)[C@@H](c2ccc(C)cc2)Sc2ccccc21. The second-order valence-electron chi connectivity index (χ2n) is 6.54. The molecule has 1 N–H and O–H groups in total. The lowest BCUT2D eigenvalue weighted by Crippen LogP contribution is -2.45. The van der Waals surface area contributed by atoms with Gasteiger partial charge in [0.05, 0.1) is 10.9 Å². The number of para-hydroxylation sites is 1. The zero-order valence-corrected chi connectivity index (χ0v) is 16.6. The van der Waals surface area contributed by atoms with Gasteiger partial charge in [-0.3, -0.25) is 9.59 Å². The lowest BCUT2D eigenvalue weighted by molar-refractivity contribution is -0.152. The molecular formula is C21H24N2O3S. The predicted molar refractivity (Wildman–Crippen MR) is 108 cm³/mol. The molecule has 1 aliphatic rings. The van der Waals surface area contributed by atoms with E-state index in [4.69, 9.17) is 4.74 Å². The van der Waals surface area contributed by atoms with Crippen LogP contribution in [0.15, 0.2) is 53.4 Å². The van der Waals surface area contributed by atoms with Crippen LogP contribution < -0.4 is 10.2 Å². The summed E-state index contributed by atoms with van der Waals surface area (Å²) in [5, 5.41) is 2.78. The summed E-state index contributed by atoms with van der Waals surface area (Å²) in [5.74, 6) is -0.644. The first-order valence-corrected chi connectivity index (χ1v) is 9.84. The standard InChI is InChI=1S/C21H24N2O3S/c1-14-8-10-16(11-9-14)20-19(26-15(2)24)21(25)23(13-12-22-3)17-6-4-5-7-18(17)27-20/h4-11,19-20,22H,12-13H2,1-3H3/t19-,20+/m0/s1. The van der Waals surface area contributed by atoms with Crippen molar-refractivity contribution < 1.29 is 14.3 Å². The molecule has 5 nitrogen and oxygen atoms in total. The van der Waals surface area contributed by atoms with Crippen LogP contribution >= 0.6 is 11.8 Å². The summed E-state index contributed by atoms with van der Waals surface area (Å²) < 4.78 is 5.55. The number of ether oxygens (including phenoxy) is 1. The van der Waals surface area contributed by atoms with Gasteiger partial charge in [-0.05, 0) is 31.7 Å². The average molecular weight is 385 g/mol. The minimum Gasteiger partial charge on any atom is -0.451 e. The summed E-state index contributed by atoms with van der Waals surface area (Å²) in [6.45, 7) is 4.52. The minimum absolute atomic E-state index is 0.191. The Balaban J connectivity index is 2.08. The molecule has 0 bridgehead atoms. The highest BCUT2D eigenvalue weighted by Crippen LogP contribution is 2.46. The Labute approximate surface area is 164 Å². The van der Waals surface area contributed by atoms with E-state index in [-0.39, 0.29) is 11.2 Å². The molecule has 1 aliphatic heterocycles. The number of likely N-dealkylation sites (N-methyl/N-ethyl adjacent to an activating group) is 1. The third-order valence-corrected chi connectivity index (χ3v) is 5.85. The van der Waals surface area contributed by atoms with Crippen LogP contribution in [0, 0.1) is 6.92 Å². The molecule has 2 atom stereocenters. The molecular weight excluding hydrogens is 360 g/mol. The molecule has 0 aromatic heterocycles. The number of aryl methyl sites for hydroxylation is 1. The van der Waals surface area contributed by atoms with Crippen molar-refractivity contribution in [3.63, 3.8) is 0 Å². The normalized spacial score (nSPS) is 19.4. The van der Waals surface area contributed by atoms with E-state index < -0.39 is 12.1 Å². The van der Waals surface area contributed by atoms with E-state index in [2.05, 4.69) is 5.32 Å². The number of nitrogens with zero attached hydrogens (tertiary/aromatic N) is 1. The van der Waals surface area contributed by atoms with Gasteiger partial charge in [-0.1, -0.05) is 42.0 Å². The molecule has 0 aliphatic carbocycles. The monoisotopic (exact) mass is 384 g/mol. The molecule has 0 unspecified atom stereocenters. The van der Waals surface area contributed by atoms with Crippen LogP contribution in [0.2, 0.25) is 0 Å². The van der Waals surface area contributed by atoms with Crippen molar-refractivity contribution in [1.82, 2.24) is 5.32 Å². The van der Waals surface area contributed by atoms with Gasteiger partial charge in [0.2, 0.25) is 0 Å². The molecule has 27 heavy (non-hydrogen) atoms. The molecule has 2 aromatic rings. The van der Waals surface area contributed by atoms with Crippen LogP contribution in [0.3, 0.4) is 0 Å². The number of thioether (sulfide) groups is 1. The third-order valence-electron chi connectivity index (χ3n) is 4.48. The number of hydrogen-bond donors (Lipinski definition) is 1. The van der Waals surface area contributed by atoms with E-state index in [1.807, 2.05) is 62.5 Å². The van der Waals surface area contributed by atoms with Crippen molar-refractivity contribution in [2.24, 2.45) is 0 Å². The summed E-state index contributed by atoms with van der Waals surface area (Å²) in [6, 6.07) is 15.9. The maximum absolute atomic E-state index is 13.4. The van der Waals surface area contributed by atoms with Crippen LogP contribution in [0.25, 0.3) is 0 Å². The van der Waals surface area contributed by atoms with Gasteiger partial charge in [-0.25, -0.2) is 0 Å². The highest BCUT2D eigenvalue weighted by atomic mass is 32.2. The topological polar surface area (TPSA) is 58.6 Å². The van der Waals surface area contributed by atoms with Crippen LogP contribution in [0.1, 0.15) is 23.3 Å². The average Bonchev–Trinajstić information content (AvgIpc) is 2.76. The fraction of sp³-hybridized carbons (Fsp3) is 0.333. The Morgan fingerprint density at radius 1 is 1.19 bits per heavy atom. The Morgan fingerprint density at radius 3 is 2.56 bits per heavy atom. The molecule has 3 rings (SSSR count). The van der Waals surface area contributed by atoms with Gasteiger partial charge in [0.15, 0.2) is 6.10 Å². The smallest absolute Gasteiger partial charge is 0.303 e. The predicted octanol–water partition coefficient (Wildman–Crippen LogP) is 3.33. The van der Waals surface area contributed by atoms with Gasteiger partial charge in [-0.15, -0.1) is 11.8 Å². The number of esters is 1. The molecule has 142 valence electrons. The van der Waals surface area contributed by atoms with E-state index in [9.17, 15) is 9.59 Å². The third kappa shape index (κ3) is 4.34. The first-order chi connectivity index (χ1) is 13.0. The first kappa shape index (κ1) is 19.5. The molecule has 0 fully saturated rings. The van der Waals surface area contributed by atoms with Crippen LogP contribution in [-0.2, 0) is 14.3 Å². The van der Waals surface area contributed by atoms with Crippen molar-refractivity contribution in [3.05, 3.63) is 59.7 Å². The van der Waals surface area contributed by atoms with Gasteiger partial charge >= 0.3 is 5.97 Å². The molecule has 6 heteroatoms. The number of hydrogen-bond acceptors (Lipinski definition) is 5. The van der Waals surface area contributed by atoms with Crippen molar-refractivity contribution >= 4 is 29.3 Å². The molecule has 1 heterocycles. The summed E-state index contributed by atoms with van der Waals surface area (Å²) in [5.41, 5.74) is 2.97. The van der Waals surface area contributed by atoms with Crippen LogP contribution in [0.4, 0.5) is 5.69 Å². The van der Waals surface area contributed by atoms with Gasteiger partial charge in [0.25, 0.3) is 5.91 Å². The number of fused-ring (bicyclic) bond motifs is 1. The summed E-state index contributed by atoms with van der Waals surface area (Å²) in [4.78, 5) is 27.9. The highest BCUT2D eigenvalue weighted by Gasteiger charge is 2.40. The van der Waals surface area contributed by atoms with Gasteiger partial charge in [0, 0.05) is 24.9 Å². The lowest BCUT2D eigenvalue weighted by Gasteiger charge is -2.27. The molecule has 2 aromatic carbocycles. The number of benzene rings is 2.